The predicted octanol–water partition coefficient (Wildman–Crippen LogP) is 3.93. The van der Waals surface area contributed by atoms with E-state index in [1.54, 1.807) is 42.5 Å². The second-order valence-electron chi connectivity index (χ2n) is 7.86. The fourth-order valence-corrected chi connectivity index (χ4v) is 4.41. The predicted molar refractivity (Wildman–Crippen MR) is 128 cm³/mol. The molecule has 0 amide bonds. The van der Waals surface area contributed by atoms with E-state index < -0.39 is 10.0 Å². The lowest BCUT2D eigenvalue weighted by atomic mass is 10.1. The lowest BCUT2D eigenvalue weighted by Gasteiger charge is -2.28. The molecule has 3 aromatic rings. The van der Waals surface area contributed by atoms with Crippen LogP contribution in [0.3, 0.4) is 0 Å². The fourth-order valence-electron chi connectivity index (χ4n) is 3.51. The van der Waals surface area contributed by atoms with E-state index in [-0.39, 0.29) is 10.7 Å². The van der Waals surface area contributed by atoms with Crippen molar-refractivity contribution in [1.82, 2.24) is 4.31 Å². The smallest absolute Gasteiger partial charge is 0.242 e. The van der Waals surface area contributed by atoms with E-state index in [1.807, 2.05) is 24.3 Å². The Morgan fingerprint density at radius 1 is 0.939 bits per heavy atom. The summed E-state index contributed by atoms with van der Waals surface area (Å²) < 4.78 is 36.8. The van der Waals surface area contributed by atoms with Crippen molar-refractivity contribution in [2.24, 2.45) is 0 Å². The first-order chi connectivity index (χ1) is 15.8. The minimum Gasteiger partial charge on any atom is -0.457 e. The van der Waals surface area contributed by atoms with Crippen LogP contribution in [0.2, 0.25) is 0 Å². The number of hydrogen-bond donors (Lipinski definition) is 0. The van der Waals surface area contributed by atoms with Crippen LogP contribution in [0, 0.1) is 0 Å². The SMILES string of the molecule is CN(C)S(=O)(=O)c1ccc(-c2ccc(/C=C\C(=O)c3ccc(N4CCOCC4)cc3)o2)cc1. The number of allylic oxidation sites excluding steroid dienone is 1. The van der Waals surface area contributed by atoms with Crippen molar-refractivity contribution in [2.45, 2.75) is 4.90 Å². The summed E-state index contributed by atoms with van der Waals surface area (Å²) in [7, 11) is -0.490. The Morgan fingerprint density at radius 3 is 2.24 bits per heavy atom. The van der Waals surface area contributed by atoms with Gasteiger partial charge >= 0.3 is 0 Å². The van der Waals surface area contributed by atoms with Crippen LogP contribution < -0.4 is 4.90 Å². The number of furan rings is 1. The average molecular weight is 467 g/mol. The molecule has 1 saturated heterocycles. The van der Waals surface area contributed by atoms with Gasteiger partial charge in [-0.2, -0.15) is 0 Å². The highest BCUT2D eigenvalue weighted by Gasteiger charge is 2.17. The second kappa shape index (κ2) is 9.74. The van der Waals surface area contributed by atoms with Crippen molar-refractivity contribution < 1.29 is 22.4 Å². The summed E-state index contributed by atoms with van der Waals surface area (Å²) in [6.07, 6.45) is 3.12. The van der Waals surface area contributed by atoms with Gasteiger partial charge in [0.25, 0.3) is 0 Å². The molecule has 2 heterocycles. The van der Waals surface area contributed by atoms with Crippen molar-refractivity contribution in [3.05, 3.63) is 78.1 Å². The van der Waals surface area contributed by atoms with Crippen molar-refractivity contribution >= 4 is 27.6 Å². The molecule has 4 rings (SSSR count). The van der Waals surface area contributed by atoms with Gasteiger partial charge < -0.3 is 14.1 Å². The van der Waals surface area contributed by atoms with Crippen molar-refractivity contribution in [2.75, 3.05) is 45.3 Å². The summed E-state index contributed by atoms with van der Waals surface area (Å²) in [5, 5.41) is 0. The molecule has 172 valence electrons. The average Bonchev–Trinajstić information content (AvgIpc) is 3.32. The molecule has 1 fully saturated rings. The fraction of sp³-hybridized carbons (Fsp3) is 0.240. The number of ether oxygens (including phenoxy) is 1. The third-order valence-corrected chi connectivity index (χ3v) is 7.30. The Kier molecular flexibility index (Phi) is 6.78. The number of sulfonamides is 1. The Hall–Kier alpha value is -3.20. The maximum Gasteiger partial charge on any atom is 0.242 e. The molecule has 0 N–H and O–H groups in total. The summed E-state index contributed by atoms with van der Waals surface area (Å²) in [4.78, 5) is 15.0. The normalized spacial score (nSPS) is 14.8. The van der Waals surface area contributed by atoms with Crippen LogP contribution >= 0.6 is 0 Å². The number of nitrogens with zero attached hydrogens (tertiary/aromatic N) is 2. The van der Waals surface area contributed by atoms with E-state index >= 15 is 0 Å². The van der Waals surface area contributed by atoms with Crippen molar-refractivity contribution in [3.8, 4) is 11.3 Å². The molecule has 7 nitrogen and oxygen atoms in total. The second-order valence-corrected chi connectivity index (χ2v) is 10.0. The lowest BCUT2D eigenvalue weighted by Crippen LogP contribution is -2.36. The van der Waals surface area contributed by atoms with Crippen LogP contribution in [0.1, 0.15) is 16.1 Å². The molecule has 0 spiro atoms. The van der Waals surface area contributed by atoms with Gasteiger partial charge in [-0.15, -0.1) is 0 Å². The largest absolute Gasteiger partial charge is 0.457 e. The van der Waals surface area contributed by atoms with E-state index in [2.05, 4.69) is 4.90 Å². The number of carbonyl (C=O) groups is 1. The number of anilines is 1. The molecule has 2 aromatic carbocycles. The Morgan fingerprint density at radius 2 is 1.61 bits per heavy atom. The van der Waals surface area contributed by atoms with E-state index in [9.17, 15) is 13.2 Å². The maximum absolute atomic E-state index is 12.5. The van der Waals surface area contributed by atoms with E-state index in [0.29, 0.717) is 30.3 Å². The molecule has 0 atom stereocenters. The zero-order valence-corrected chi connectivity index (χ0v) is 19.4. The monoisotopic (exact) mass is 466 g/mol. The number of benzene rings is 2. The molecule has 0 radical (unpaired) electrons. The summed E-state index contributed by atoms with van der Waals surface area (Å²) in [5.74, 6) is 1.01. The number of morpholine rings is 1. The number of rotatable bonds is 7. The Bertz CT molecular complexity index is 1240. The number of ketones is 1. The van der Waals surface area contributed by atoms with Gasteiger partial charge in [0.2, 0.25) is 10.0 Å². The van der Waals surface area contributed by atoms with Gasteiger partial charge in [0.05, 0.1) is 18.1 Å². The first-order valence-corrected chi connectivity index (χ1v) is 12.1. The van der Waals surface area contributed by atoms with Gasteiger partial charge in [-0.1, -0.05) is 0 Å². The van der Waals surface area contributed by atoms with Gasteiger partial charge in [-0.05, 0) is 72.8 Å². The summed E-state index contributed by atoms with van der Waals surface area (Å²) in [6, 6.07) is 17.6. The molecule has 1 aliphatic rings. The Balaban J connectivity index is 1.42. The molecular formula is C25H26N2O5S. The van der Waals surface area contributed by atoms with Crippen LogP contribution in [-0.2, 0) is 14.8 Å². The maximum atomic E-state index is 12.5. The standard InChI is InChI=1S/C25H26N2O5S/c1-26(2)33(29,30)23-11-5-20(6-12-23)25-14-10-22(32-25)9-13-24(28)19-3-7-21(8-4-19)27-15-17-31-18-16-27/h3-14H,15-18H2,1-2H3/b13-9-. The van der Waals surface area contributed by atoms with Crippen LogP contribution in [0.4, 0.5) is 5.69 Å². The summed E-state index contributed by atoms with van der Waals surface area (Å²) >= 11 is 0. The van der Waals surface area contributed by atoms with Gasteiger partial charge in [0, 0.05) is 44.0 Å². The number of hydrogen-bond acceptors (Lipinski definition) is 6. The molecule has 0 saturated carbocycles. The molecule has 33 heavy (non-hydrogen) atoms. The zero-order chi connectivity index (χ0) is 23.4. The van der Waals surface area contributed by atoms with Gasteiger partial charge in [-0.3, -0.25) is 4.79 Å². The van der Waals surface area contributed by atoms with Gasteiger partial charge in [0.15, 0.2) is 5.78 Å². The minimum atomic E-state index is -3.48. The Labute approximate surface area is 193 Å². The highest BCUT2D eigenvalue weighted by Crippen LogP contribution is 2.25. The topological polar surface area (TPSA) is 80.1 Å². The molecule has 1 aromatic heterocycles. The van der Waals surface area contributed by atoms with Gasteiger partial charge in [0.1, 0.15) is 11.5 Å². The van der Waals surface area contributed by atoms with Crippen LogP contribution in [0.15, 0.2) is 76.1 Å². The third kappa shape index (κ3) is 5.24. The van der Waals surface area contributed by atoms with Crippen molar-refractivity contribution in [1.29, 1.82) is 0 Å². The molecule has 0 unspecified atom stereocenters. The lowest BCUT2D eigenvalue weighted by molar-refractivity contribution is 0.104. The van der Waals surface area contributed by atoms with Gasteiger partial charge in [-0.25, -0.2) is 12.7 Å². The van der Waals surface area contributed by atoms with E-state index in [0.717, 1.165) is 24.3 Å². The van der Waals surface area contributed by atoms with E-state index in [1.165, 1.54) is 24.5 Å². The van der Waals surface area contributed by atoms with Crippen LogP contribution in [-0.4, -0.2) is 58.9 Å². The minimum absolute atomic E-state index is 0.111. The molecule has 1 aliphatic heterocycles. The van der Waals surface area contributed by atoms with E-state index in [4.69, 9.17) is 9.15 Å². The van der Waals surface area contributed by atoms with Crippen LogP contribution in [0.5, 0.6) is 0 Å². The summed E-state index contributed by atoms with van der Waals surface area (Å²) in [5.41, 5.74) is 2.43. The molecule has 0 aliphatic carbocycles. The molecule has 8 heteroatoms. The highest BCUT2D eigenvalue weighted by molar-refractivity contribution is 7.89. The zero-order valence-electron chi connectivity index (χ0n) is 18.6. The quantitative estimate of drug-likeness (QED) is 0.388. The molecular weight excluding hydrogens is 440 g/mol. The highest BCUT2D eigenvalue weighted by atomic mass is 32.2. The third-order valence-electron chi connectivity index (χ3n) is 5.47. The molecule has 0 bridgehead atoms. The van der Waals surface area contributed by atoms with Crippen molar-refractivity contribution in [3.63, 3.8) is 0 Å². The first kappa shape index (κ1) is 23.0. The first-order valence-electron chi connectivity index (χ1n) is 10.6. The summed E-state index contributed by atoms with van der Waals surface area (Å²) in [6.45, 7) is 3.13. The van der Waals surface area contributed by atoms with Crippen LogP contribution in [0.25, 0.3) is 17.4 Å². The number of carbonyl (C=O) groups excluding carboxylic acids is 1.